The summed E-state index contributed by atoms with van der Waals surface area (Å²) in [5, 5.41) is 9.17. The molecule has 0 spiro atoms. The van der Waals surface area contributed by atoms with E-state index in [0.29, 0.717) is 0 Å². The smallest absolute Gasteiger partial charge is 0.344 e. The molecule has 0 amide bonds. The number of hydrogen-bond donors (Lipinski definition) is 1. The Morgan fingerprint density at radius 1 is 1.40 bits per heavy atom. The predicted octanol–water partition coefficient (Wildman–Crippen LogP) is 1.36. The van der Waals surface area contributed by atoms with Crippen molar-refractivity contribution in [2.45, 2.75) is 11.8 Å². The molecule has 0 aliphatic heterocycles. The van der Waals surface area contributed by atoms with Crippen LogP contribution < -0.4 is 5.14 Å². The summed E-state index contributed by atoms with van der Waals surface area (Å²) in [7, 11) is -4.05. The number of nitrogens with zero attached hydrogens (tertiary/aromatic N) is 3. The van der Waals surface area contributed by atoms with Gasteiger partial charge >= 0.3 is 5.97 Å². The van der Waals surface area contributed by atoms with Crippen molar-refractivity contribution in [3.8, 4) is 11.3 Å². The van der Waals surface area contributed by atoms with Gasteiger partial charge in [-0.2, -0.15) is 5.10 Å². The summed E-state index contributed by atoms with van der Waals surface area (Å²) in [6.07, 6.45) is 3.01. The Labute approximate surface area is 142 Å². The highest BCUT2D eigenvalue weighted by molar-refractivity contribution is 7.89. The minimum Gasteiger partial charge on any atom is -0.462 e. The molecule has 0 atom stereocenters. The van der Waals surface area contributed by atoms with Crippen LogP contribution in [0.3, 0.4) is 0 Å². The lowest BCUT2D eigenvalue weighted by Crippen LogP contribution is -2.12. The van der Waals surface area contributed by atoms with Gasteiger partial charge in [-0.25, -0.2) is 32.2 Å². The quantitative estimate of drug-likeness (QED) is 0.699. The van der Waals surface area contributed by atoms with Gasteiger partial charge in [-0.3, -0.25) is 0 Å². The van der Waals surface area contributed by atoms with Gasteiger partial charge in [0.2, 0.25) is 10.0 Å². The van der Waals surface area contributed by atoms with Gasteiger partial charge < -0.3 is 4.74 Å². The SMILES string of the molecule is CCOC(=O)c1c(-c2ccc(S(N)(=O)=O)cc2F)nn2cccnc12. The van der Waals surface area contributed by atoms with Crippen LogP contribution in [0.15, 0.2) is 41.6 Å². The van der Waals surface area contributed by atoms with E-state index in [4.69, 9.17) is 9.88 Å². The number of sulfonamides is 1. The number of fused-ring (bicyclic) bond motifs is 1. The first-order valence-corrected chi connectivity index (χ1v) is 8.70. The van der Waals surface area contributed by atoms with Gasteiger partial charge in [-0.15, -0.1) is 0 Å². The average molecular weight is 364 g/mol. The Hall–Kier alpha value is -2.85. The molecule has 0 bridgehead atoms. The number of ether oxygens (including phenoxy) is 1. The largest absolute Gasteiger partial charge is 0.462 e. The second kappa shape index (κ2) is 6.22. The van der Waals surface area contributed by atoms with Gasteiger partial charge in [-0.1, -0.05) is 0 Å². The predicted molar refractivity (Wildman–Crippen MR) is 85.7 cm³/mol. The second-order valence-electron chi connectivity index (χ2n) is 5.02. The third-order valence-corrected chi connectivity index (χ3v) is 4.31. The molecular formula is C15H13FN4O4S. The highest BCUT2D eigenvalue weighted by atomic mass is 32.2. The third kappa shape index (κ3) is 3.08. The zero-order chi connectivity index (χ0) is 18.2. The van der Waals surface area contributed by atoms with Crippen LogP contribution in [-0.2, 0) is 14.8 Å². The van der Waals surface area contributed by atoms with Crippen molar-refractivity contribution in [2.75, 3.05) is 6.61 Å². The molecule has 2 aromatic heterocycles. The van der Waals surface area contributed by atoms with Crippen LogP contribution in [-0.4, -0.2) is 35.6 Å². The van der Waals surface area contributed by atoms with Crippen molar-refractivity contribution >= 4 is 21.6 Å². The van der Waals surface area contributed by atoms with Crippen molar-refractivity contribution < 1.29 is 22.3 Å². The molecule has 0 radical (unpaired) electrons. The molecule has 10 heteroatoms. The van der Waals surface area contributed by atoms with E-state index in [0.717, 1.165) is 12.1 Å². The maximum Gasteiger partial charge on any atom is 0.344 e. The minimum absolute atomic E-state index is 0.00406. The zero-order valence-corrected chi connectivity index (χ0v) is 13.8. The Balaban J connectivity index is 2.25. The van der Waals surface area contributed by atoms with E-state index in [-0.39, 0.29) is 34.0 Å². The number of esters is 1. The van der Waals surface area contributed by atoms with Crippen LogP contribution in [0.4, 0.5) is 4.39 Å². The molecule has 25 heavy (non-hydrogen) atoms. The summed E-state index contributed by atoms with van der Waals surface area (Å²) < 4.78 is 43.5. The molecular weight excluding hydrogens is 351 g/mol. The molecule has 3 rings (SSSR count). The molecule has 2 heterocycles. The Bertz CT molecular complexity index is 1080. The topological polar surface area (TPSA) is 117 Å². The molecule has 0 aliphatic carbocycles. The Morgan fingerprint density at radius 3 is 2.80 bits per heavy atom. The molecule has 8 nitrogen and oxygen atoms in total. The fourth-order valence-corrected chi connectivity index (χ4v) is 2.86. The van der Waals surface area contributed by atoms with Crippen molar-refractivity contribution in [3.63, 3.8) is 0 Å². The van der Waals surface area contributed by atoms with E-state index in [1.807, 2.05) is 0 Å². The first kappa shape index (κ1) is 17.0. The number of halogens is 1. The normalized spacial score (nSPS) is 11.6. The summed E-state index contributed by atoms with van der Waals surface area (Å²) in [4.78, 5) is 16.0. The van der Waals surface area contributed by atoms with Gasteiger partial charge in [-0.05, 0) is 31.2 Å². The monoisotopic (exact) mass is 364 g/mol. The van der Waals surface area contributed by atoms with Crippen LogP contribution in [0, 0.1) is 5.82 Å². The van der Waals surface area contributed by atoms with Crippen LogP contribution in [0.5, 0.6) is 0 Å². The molecule has 0 aliphatic rings. The van der Waals surface area contributed by atoms with Crippen LogP contribution >= 0.6 is 0 Å². The van der Waals surface area contributed by atoms with Gasteiger partial charge in [0.05, 0.1) is 11.5 Å². The van der Waals surface area contributed by atoms with E-state index in [9.17, 15) is 17.6 Å². The molecule has 0 unspecified atom stereocenters. The standard InChI is InChI=1S/C15H13FN4O4S/c1-2-24-15(21)12-13(19-20-7-3-6-18-14(12)20)10-5-4-9(8-11(10)16)25(17,22)23/h3-8H,2H2,1H3,(H2,17,22,23). The molecule has 130 valence electrons. The minimum atomic E-state index is -4.05. The van der Waals surface area contributed by atoms with Crippen LogP contribution in [0.2, 0.25) is 0 Å². The summed E-state index contributed by atoms with van der Waals surface area (Å²) in [5.41, 5.74) is 0.118. The van der Waals surface area contributed by atoms with Crippen LogP contribution in [0.25, 0.3) is 16.9 Å². The number of rotatable bonds is 4. The van der Waals surface area contributed by atoms with E-state index >= 15 is 0 Å². The van der Waals surface area contributed by atoms with Gasteiger partial charge in [0.1, 0.15) is 17.1 Å². The Kier molecular flexibility index (Phi) is 4.23. The summed E-state index contributed by atoms with van der Waals surface area (Å²) in [6, 6.07) is 4.70. The molecule has 0 saturated heterocycles. The van der Waals surface area contributed by atoms with Gasteiger partial charge in [0.25, 0.3) is 0 Å². The summed E-state index contributed by atoms with van der Waals surface area (Å²) >= 11 is 0. The van der Waals surface area contributed by atoms with Gasteiger partial charge in [0.15, 0.2) is 5.65 Å². The number of hydrogen-bond acceptors (Lipinski definition) is 6. The Morgan fingerprint density at radius 2 is 2.16 bits per heavy atom. The van der Waals surface area contributed by atoms with Crippen molar-refractivity contribution in [1.29, 1.82) is 0 Å². The number of carbonyl (C=O) groups is 1. The molecule has 0 saturated carbocycles. The van der Waals surface area contributed by atoms with Crippen molar-refractivity contribution in [1.82, 2.24) is 14.6 Å². The van der Waals surface area contributed by atoms with Crippen molar-refractivity contribution in [2.24, 2.45) is 5.14 Å². The van der Waals surface area contributed by atoms with E-state index in [2.05, 4.69) is 10.1 Å². The summed E-state index contributed by atoms with van der Waals surface area (Å²) in [6.45, 7) is 1.76. The maximum absolute atomic E-state index is 14.5. The number of benzene rings is 1. The van der Waals surface area contributed by atoms with Crippen LogP contribution in [0.1, 0.15) is 17.3 Å². The first-order chi connectivity index (χ1) is 11.8. The van der Waals surface area contributed by atoms with Gasteiger partial charge in [0, 0.05) is 18.0 Å². The second-order valence-corrected chi connectivity index (χ2v) is 6.58. The van der Waals surface area contributed by atoms with E-state index in [1.165, 1.54) is 16.8 Å². The lowest BCUT2D eigenvalue weighted by molar-refractivity contribution is 0.0529. The number of primary sulfonamides is 1. The highest BCUT2D eigenvalue weighted by Gasteiger charge is 2.25. The fourth-order valence-electron chi connectivity index (χ4n) is 2.33. The van der Waals surface area contributed by atoms with E-state index < -0.39 is 21.8 Å². The zero-order valence-electron chi connectivity index (χ0n) is 13.0. The highest BCUT2D eigenvalue weighted by Crippen LogP contribution is 2.29. The number of carbonyl (C=O) groups excluding carboxylic acids is 1. The number of aromatic nitrogens is 3. The lowest BCUT2D eigenvalue weighted by atomic mass is 10.1. The average Bonchev–Trinajstić information content (AvgIpc) is 2.93. The lowest BCUT2D eigenvalue weighted by Gasteiger charge is -2.05. The molecule has 2 N–H and O–H groups in total. The molecule has 1 aromatic carbocycles. The maximum atomic E-state index is 14.5. The summed E-state index contributed by atoms with van der Waals surface area (Å²) in [5.74, 6) is -1.60. The fraction of sp³-hybridized carbons (Fsp3) is 0.133. The molecule has 3 aromatic rings. The third-order valence-electron chi connectivity index (χ3n) is 3.40. The number of nitrogens with two attached hydrogens (primary N) is 1. The van der Waals surface area contributed by atoms with Crippen molar-refractivity contribution in [3.05, 3.63) is 48.0 Å². The van der Waals surface area contributed by atoms with E-state index in [1.54, 1.807) is 19.2 Å². The molecule has 0 fully saturated rings. The first-order valence-electron chi connectivity index (χ1n) is 7.16.